The van der Waals surface area contributed by atoms with Crippen LogP contribution in [0.25, 0.3) is 16.3 Å². The molecule has 4 atom stereocenters. The molecule has 0 spiro atoms. The first kappa shape index (κ1) is 23.3. The van der Waals surface area contributed by atoms with Gasteiger partial charge in [-0.15, -0.1) is 0 Å². The highest BCUT2D eigenvalue weighted by atomic mass is 32.2. The summed E-state index contributed by atoms with van der Waals surface area (Å²) < 4.78 is 63.2. The smallest absolute Gasteiger partial charge is 0.240 e. The van der Waals surface area contributed by atoms with Gasteiger partial charge in [0.05, 0.1) is 10.6 Å². The molecule has 2 aromatic carbocycles. The van der Waals surface area contributed by atoms with Crippen LogP contribution in [0.3, 0.4) is 0 Å². The number of nitrogens with two attached hydrogens (primary N) is 1. The predicted octanol–water partition coefficient (Wildman–Crippen LogP) is 2.54. The van der Waals surface area contributed by atoms with E-state index in [0.29, 0.717) is 5.69 Å². The van der Waals surface area contributed by atoms with E-state index in [1.54, 1.807) is 32.0 Å². The number of anilines is 1. The van der Waals surface area contributed by atoms with E-state index < -0.39 is 46.0 Å². The number of ether oxygens (including phenoxy) is 3. The minimum Gasteiger partial charge on any atom is -0.382 e. The Bertz CT molecular complexity index is 1590. The van der Waals surface area contributed by atoms with Crippen LogP contribution in [0.15, 0.2) is 59.8 Å². The second kappa shape index (κ2) is 8.18. The number of aromatic nitrogens is 3. The Morgan fingerprint density at radius 1 is 1.11 bits per heavy atom. The van der Waals surface area contributed by atoms with Crippen molar-refractivity contribution in [3.8, 4) is 0 Å². The van der Waals surface area contributed by atoms with Gasteiger partial charge in [0.2, 0.25) is 10.0 Å². The monoisotopic (exact) mass is 513 g/mol. The Hall–Kier alpha value is -3.16. The third-order valence-electron chi connectivity index (χ3n) is 6.51. The summed E-state index contributed by atoms with van der Waals surface area (Å²) in [5.74, 6) is -1.54. The number of nitrogens with one attached hydrogen (secondary N) is 1. The van der Waals surface area contributed by atoms with E-state index in [9.17, 15) is 12.8 Å². The Balaban J connectivity index is 1.29. The number of fused-ring (bicyclic) bond motifs is 3. The standard InChI is InChI=1S/C24H24FN5O5S/c1-24(2)34-21-18(11-29-36(31,32)15-8-7-13-5-3-4-6-14(13)9-15)33-20(22(21)35-24)17-10-16(25)19-23(26)27-12-28-30(17)19/h3-10,12,18,20-22,29H,11H2,1-2H3,(H2,26,27,28)/t18-,20+,21-,22+/m1/s1. The molecular formula is C24H24FN5O5S. The highest BCUT2D eigenvalue weighted by Gasteiger charge is 2.56. The van der Waals surface area contributed by atoms with E-state index in [1.165, 1.54) is 16.9 Å². The van der Waals surface area contributed by atoms with E-state index in [-0.39, 0.29) is 22.8 Å². The van der Waals surface area contributed by atoms with Gasteiger partial charge in [0, 0.05) is 12.6 Å². The molecular weight excluding hydrogens is 489 g/mol. The lowest BCUT2D eigenvalue weighted by molar-refractivity contribution is -0.187. The molecule has 4 aromatic rings. The third-order valence-corrected chi connectivity index (χ3v) is 7.93. The fourth-order valence-corrected chi connectivity index (χ4v) is 6.02. The molecule has 2 aliphatic heterocycles. The average molecular weight is 514 g/mol. The molecule has 0 bridgehead atoms. The molecule has 2 aromatic heterocycles. The van der Waals surface area contributed by atoms with Gasteiger partial charge in [0.15, 0.2) is 17.4 Å². The third kappa shape index (κ3) is 3.82. The zero-order chi connectivity index (χ0) is 25.2. The second-order valence-corrected chi connectivity index (χ2v) is 11.1. The van der Waals surface area contributed by atoms with Crippen molar-refractivity contribution in [2.24, 2.45) is 0 Å². The molecule has 2 fully saturated rings. The summed E-state index contributed by atoms with van der Waals surface area (Å²) in [4.78, 5) is 3.99. The summed E-state index contributed by atoms with van der Waals surface area (Å²) in [6, 6.07) is 13.7. The molecule has 0 saturated carbocycles. The van der Waals surface area contributed by atoms with Crippen molar-refractivity contribution in [1.82, 2.24) is 19.3 Å². The van der Waals surface area contributed by atoms with Crippen molar-refractivity contribution in [1.29, 1.82) is 0 Å². The van der Waals surface area contributed by atoms with Crippen LogP contribution < -0.4 is 10.5 Å². The number of benzene rings is 2. The fourth-order valence-electron chi connectivity index (χ4n) is 4.94. The number of sulfonamides is 1. The average Bonchev–Trinajstić information content (AvgIpc) is 3.46. The number of hydrogen-bond donors (Lipinski definition) is 2. The fraction of sp³-hybridized carbons (Fsp3) is 0.333. The molecule has 2 aliphatic rings. The first-order valence-electron chi connectivity index (χ1n) is 11.4. The first-order chi connectivity index (χ1) is 17.1. The van der Waals surface area contributed by atoms with Crippen LogP contribution in [-0.4, -0.2) is 53.7 Å². The van der Waals surface area contributed by atoms with Crippen LogP contribution >= 0.6 is 0 Å². The second-order valence-electron chi connectivity index (χ2n) is 9.34. The van der Waals surface area contributed by atoms with Crippen LogP contribution in [0, 0.1) is 5.82 Å². The summed E-state index contributed by atoms with van der Waals surface area (Å²) >= 11 is 0. The lowest BCUT2D eigenvalue weighted by atomic mass is 10.1. The van der Waals surface area contributed by atoms with Crippen molar-refractivity contribution in [3.63, 3.8) is 0 Å². The van der Waals surface area contributed by atoms with E-state index >= 15 is 0 Å². The van der Waals surface area contributed by atoms with Gasteiger partial charge < -0.3 is 19.9 Å². The summed E-state index contributed by atoms with van der Waals surface area (Å²) in [5, 5.41) is 5.89. The maximum Gasteiger partial charge on any atom is 0.240 e. The van der Waals surface area contributed by atoms with Crippen LogP contribution in [0.2, 0.25) is 0 Å². The van der Waals surface area contributed by atoms with E-state index in [1.807, 2.05) is 24.3 Å². The van der Waals surface area contributed by atoms with Crippen LogP contribution in [-0.2, 0) is 24.2 Å². The molecule has 4 heterocycles. The van der Waals surface area contributed by atoms with Crippen LogP contribution in [0.4, 0.5) is 10.2 Å². The normalized spacial score (nSPS) is 25.5. The molecule has 2 saturated heterocycles. The summed E-state index contributed by atoms with van der Waals surface area (Å²) in [7, 11) is -3.84. The quantitative estimate of drug-likeness (QED) is 0.417. The predicted molar refractivity (Wildman–Crippen MR) is 128 cm³/mol. The lowest BCUT2D eigenvalue weighted by Gasteiger charge is -2.24. The summed E-state index contributed by atoms with van der Waals surface area (Å²) in [5.41, 5.74) is 6.25. The minimum absolute atomic E-state index is 0.00749. The number of nitrogens with zero attached hydrogens (tertiary/aromatic N) is 3. The van der Waals surface area contributed by atoms with Gasteiger partial charge in [-0.3, -0.25) is 0 Å². The molecule has 10 nitrogen and oxygen atoms in total. The van der Waals surface area contributed by atoms with E-state index in [0.717, 1.165) is 10.8 Å². The molecule has 3 N–H and O–H groups in total. The molecule has 36 heavy (non-hydrogen) atoms. The lowest BCUT2D eigenvalue weighted by Crippen LogP contribution is -2.39. The van der Waals surface area contributed by atoms with Gasteiger partial charge in [-0.25, -0.2) is 27.0 Å². The minimum atomic E-state index is -3.84. The maximum absolute atomic E-state index is 14.7. The largest absolute Gasteiger partial charge is 0.382 e. The Labute approximate surface area is 206 Å². The molecule has 0 aliphatic carbocycles. The summed E-state index contributed by atoms with van der Waals surface area (Å²) in [6.45, 7) is 3.44. The Morgan fingerprint density at radius 3 is 2.67 bits per heavy atom. The number of hydrogen-bond acceptors (Lipinski definition) is 8. The van der Waals surface area contributed by atoms with Crippen LogP contribution in [0.5, 0.6) is 0 Å². The summed E-state index contributed by atoms with van der Waals surface area (Å²) in [6.07, 6.45) is -1.48. The Morgan fingerprint density at radius 2 is 1.86 bits per heavy atom. The molecule has 188 valence electrons. The van der Waals surface area contributed by atoms with Gasteiger partial charge in [-0.2, -0.15) is 5.10 Å². The zero-order valence-electron chi connectivity index (χ0n) is 19.5. The first-order valence-corrected chi connectivity index (χ1v) is 12.9. The van der Waals surface area contributed by atoms with Gasteiger partial charge in [0.25, 0.3) is 0 Å². The van der Waals surface area contributed by atoms with E-state index in [2.05, 4.69) is 14.8 Å². The highest BCUT2D eigenvalue weighted by Crippen LogP contribution is 2.45. The van der Waals surface area contributed by atoms with Gasteiger partial charge in [0.1, 0.15) is 36.3 Å². The topological polar surface area (TPSA) is 130 Å². The van der Waals surface area contributed by atoms with Gasteiger partial charge >= 0.3 is 0 Å². The molecule has 0 amide bonds. The van der Waals surface area contributed by atoms with Crippen LogP contribution in [0.1, 0.15) is 25.6 Å². The van der Waals surface area contributed by atoms with Crippen molar-refractivity contribution in [3.05, 3.63) is 66.4 Å². The SMILES string of the molecule is CC1(C)O[C@@H]2[C@H](O1)[C@@H](CNS(=O)(=O)c1ccc3ccccc3c1)O[C@H]2c1cc(F)c2c(N)ncnn12. The molecule has 12 heteroatoms. The van der Waals surface area contributed by atoms with Gasteiger partial charge in [-0.1, -0.05) is 30.3 Å². The number of halogens is 1. The van der Waals surface area contributed by atoms with E-state index in [4.69, 9.17) is 19.9 Å². The Kier molecular flexibility index (Phi) is 5.28. The van der Waals surface area contributed by atoms with Crippen molar-refractivity contribution in [2.45, 2.75) is 48.9 Å². The zero-order valence-corrected chi connectivity index (χ0v) is 20.3. The molecule has 6 rings (SSSR count). The number of rotatable bonds is 5. The number of nitrogen functional groups attached to an aromatic ring is 1. The van der Waals surface area contributed by atoms with Gasteiger partial charge in [-0.05, 0) is 36.8 Å². The highest BCUT2D eigenvalue weighted by molar-refractivity contribution is 7.89. The van der Waals surface area contributed by atoms with Crippen molar-refractivity contribution >= 4 is 32.1 Å². The maximum atomic E-state index is 14.7. The van der Waals surface area contributed by atoms with Crippen molar-refractivity contribution < 1.29 is 27.0 Å². The molecule has 0 unspecified atom stereocenters. The molecule has 0 radical (unpaired) electrons. The van der Waals surface area contributed by atoms with Crippen molar-refractivity contribution in [2.75, 3.05) is 12.3 Å².